The maximum atomic E-state index is 13.8. The zero-order valence-electron chi connectivity index (χ0n) is 19.5. The SMILES string of the molecule is O=C(Nc1cc([N+](=O)[O-])ccc1Cl)[C@@H]1[C@@H]2C(=O)N(c3ccc(Cl)cc3)C(=O)[C@@H]2C2c3ccccc3C=CN21. The Morgan fingerprint density at radius 3 is 2.39 bits per heavy atom. The van der Waals surface area contributed by atoms with E-state index >= 15 is 0 Å². The highest BCUT2D eigenvalue weighted by Crippen LogP contribution is 2.53. The second-order valence-corrected chi connectivity index (χ2v) is 10.1. The van der Waals surface area contributed by atoms with E-state index in [4.69, 9.17) is 23.2 Å². The van der Waals surface area contributed by atoms with Gasteiger partial charge in [0.1, 0.15) is 6.04 Å². The fourth-order valence-corrected chi connectivity index (χ4v) is 5.92. The Morgan fingerprint density at radius 2 is 1.66 bits per heavy atom. The molecule has 0 aliphatic carbocycles. The van der Waals surface area contributed by atoms with E-state index < -0.39 is 46.6 Å². The molecule has 1 N–H and O–H groups in total. The van der Waals surface area contributed by atoms with Gasteiger partial charge in [-0.05, 0) is 47.5 Å². The average molecular weight is 549 g/mol. The van der Waals surface area contributed by atoms with Crippen molar-refractivity contribution in [2.45, 2.75) is 12.1 Å². The quantitative estimate of drug-likeness (QED) is 0.277. The fourth-order valence-electron chi connectivity index (χ4n) is 5.63. The van der Waals surface area contributed by atoms with Crippen molar-refractivity contribution in [3.63, 3.8) is 0 Å². The Morgan fingerprint density at radius 1 is 0.947 bits per heavy atom. The standard InChI is InChI=1S/C27H18Cl2N4O5/c28-15-5-7-16(8-6-15)32-26(35)21-22(27(32)36)24(31-12-11-14-3-1-2-4-18(14)23(21)31)25(34)30-20-13-17(33(37)38)9-10-19(20)29/h1-13,21-24H,(H,30,34)/t21-,22+,23?,24-/m0/s1. The van der Waals surface area contributed by atoms with Gasteiger partial charge >= 0.3 is 0 Å². The van der Waals surface area contributed by atoms with Crippen molar-refractivity contribution in [3.05, 3.63) is 104 Å². The lowest BCUT2D eigenvalue weighted by molar-refractivity contribution is -0.384. The number of nitro groups is 1. The van der Waals surface area contributed by atoms with E-state index in [-0.39, 0.29) is 16.4 Å². The van der Waals surface area contributed by atoms with E-state index in [1.165, 1.54) is 12.1 Å². The number of rotatable bonds is 4. The summed E-state index contributed by atoms with van der Waals surface area (Å²) in [6.45, 7) is 0. The van der Waals surface area contributed by atoms with Crippen LogP contribution in [0.25, 0.3) is 6.08 Å². The first-order chi connectivity index (χ1) is 18.3. The first kappa shape index (κ1) is 24.1. The smallest absolute Gasteiger partial charge is 0.271 e. The van der Waals surface area contributed by atoms with Crippen molar-refractivity contribution in [2.24, 2.45) is 11.8 Å². The number of nitrogens with one attached hydrogen (secondary N) is 1. The molecule has 3 aliphatic heterocycles. The van der Waals surface area contributed by atoms with Gasteiger partial charge in [-0.2, -0.15) is 0 Å². The number of carbonyl (C=O) groups excluding carboxylic acids is 3. The monoisotopic (exact) mass is 548 g/mol. The fraction of sp³-hybridized carbons (Fsp3) is 0.148. The molecule has 4 atom stereocenters. The van der Waals surface area contributed by atoms with Crippen LogP contribution in [0.1, 0.15) is 17.2 Å². The van der Waals surface area contributed by atoms with Crippen LogP contribution in [0.3, 0.4) is 0 Å². The van der Waals surface area contributed by atoms with Crippen molar-refractivity contribution in [1.29, 1.82) is 0 Å². The largest absolute Gasteiger partial charge is 0.357 e. The van der Waals surface area contributed by atoms with Crippen LogP contribution in [-0.2, 0) is 14.4 Å². The summed E-state index contributed by atoms with van der Waals surface area (Å²) < 4.78 is 0. The number of nitro benzene ring substituents is 1. The Bertz CT molecular complexity index is 1560. The lowest BCUT2D eigenvalue weighted by Crippen LogP contribution is -2.46. The van der Waals surface area contributed by atoms with Crippen LogP contribution < -0.4 is 10.2 Å². The molecule has 0 saturated carbocycles. The molecule has 0 spiro atoms. The van der Waals surface area contributed by atoms with E-state index in [0.29, 0.717) is 10.7 Å². The second-order valence-electron chi connectivity index (χ2n) is 9.23. The number of non-ortho nitro benzene ring substituents is 1. The van der Waals surface area contributed by atoms with E-state index in [0.717, 1.165) is 22.1 Å². The predicted octanol–water partition coefficient (Wildman–Crippen LogP) is 5.06. The van der Waals surface area contributed by atoms with Gasteiger partial charge in [0.05, 0.1) is 39.2 Å². The van der Waals surface area contributed by atoms with Gasteiger partial charge in [-0.3, -0.25) is 24.5 Å². The molecule has 3 amide bonds. The summed E-state index contributed by atoms with van der Waals surface area (Å²) in [7, 11) is 0. The number of fused-ring (bicyclic) bond motifs is 5. The maximum Gasteiger partial charge on any atom is 0.271 e. The lowest BCUT2D eigenvalue weighted by atomic mass is 9.84. The molecule has 1 unspecified atom stereocenters. The number of amides is 3. The van der Waals surface area contributed by atoms with Crippen LogP contribution in [0.15, 0.2) is 72.9 Å². The Hall–Kier alpha value is -4.21. The van der Waals surface area contributed by atoms with Crippen LogP contribution in [0.2, 0.25) is 10.0 Å². The van der Waals surface area contributed by atoms with E-state index in [2.05, 4.69) is 5.32 Å². The van der Waals surface area contributed by atoms with Crippen LogP contribution >= 0.6 is 23.2 Å². The third-order valence-corrected chi connectivity index (χ3v) is 7.82. The molecule has 3 heterocycles. The molecule has 2 saturated heterocycles. The highest BCUT2D eigenvalue weighted by Gasteiger charge is 2.64. The van der Waals surface area contributed by atoms with Crippen molar-refractivity contribution in [2.75, 3.05) is 10.2 Å². The summed E-state index contributed by atoms with van der Waals surface area (Å²) >= 11 is 12.2. The number of carbonyl (C=O) groups is 3. The molecule has 38 heavy (non-hydrogen) atoms. The Kier molecular flexibility index (Phi) is 5.70. The molecular formula is C27H18Cl2N4O5. The highest BCUT2D eigenvalue weighted by atomic mass is 35.5. The van der Waals surface area contributed by atoms with Crippen LogP contribution in [-0.4, -0.2) is 33.6 Å². The highest BCUT2D eigenvalue weighted by molar-refractivity contribution is 6.34. The van der Waals surface area contributed by atoms with Gasteiger partial charge in [-0.1, -0.05) is 47.5 Å². The van der Waals surface area contributed by atoms with Gasteiger partial charge in [0, 0.05) is 23.4 Å². The van der Waals surface area contributed by atoms with Crippen LogP contribution in [0, 0.1) is 22.0 Å². The van der Waals surface area contributed by atoms with Crippen molar-refractivity contribution in [1.82, 2.24) is 4.90 Å². The predicted molar refractivity (Wildman–Crippen MR) is 142 cm³/mol. The van der Waals surface area contributed by atoms with Crippen molar-refractivity contribution >= 4 is 64.1 Å². The minimum atomic E-state index is -1.07. The number of nitrogens with zero attached hydrogens (tertiary/aromatic N) is 3. The van der Waals surface area contributed by atoms with E-state index in [1.54, 1.807) is 35.4 Å². The molecule has 0 aromatic heterocycles. The Balaban J connectivity index is 1.43. The first-order valence-corrected chi connectivity index (χ1v) is 12.4. The summed E-state index contributed by atoms with van der Waals surface area (Å²) in [5, 5.41) is 14.5. The second kappa shape index (κ2) is 8.97. The summed E-state index contributed by atoms with van der Waals surface area (Å²) in [5.41, 5.74) is 1.87. The molecule has 190 valence electrons. The molecule has 6 rings (SSSR count). The third kappa shape index (κ3) is 3.66. The van der Waals surface area contributed by atoms with E-state index in [9.17, 15) is 24.5 Å². The molecule has 9 nitrogen and oxygen atoms in total. The third-order valence-electron chi connectivity index (χ3n) is 7.23. The molecule has 11 heteroatoms. The van der Waals surface area contributed by atoms with Gasteiger partial charge in [-0.15, -0.1) is 0 Å². The molecule has 0 bridgehead atoms. The lowest BCUT2D eigenvalue weighted by Gasteiger charge is -2.35. The van der Waals surface area contributed by atoms with Gasteiger partial charge in [-0.25, -0.2) is 4.90 Å². The van der Waals surface area contributed by atoms with E-state index in [1.807, 2.05) is 30.3 Å². The number of anilines is 2. The minimum Gasteiger partial charge on any atom is -0.357 e. The number of hydrogen-bond acceptors (Lipinski definition) is 6. The first-order valence-electron chi connectivity index (χ1n) is 11.7. The summed E-state index contributed by atoms with van der Waals surface area (Å²) in [4.78, 5) is 55.0. The molecular weight excluding hydrogens is 531 g/mol. The van der Waals surface area contributed by atoms with Crippen LogP contribution in [0.5, 0.6) is 0 Å². The Labute approximate surface area is 226 Å². The van der Waals surface area contributed by atoms with Crippen molar-refractivity contribution < 1.29 is 19.3 Å². The van der Waals surface area contributed by atoms with Gasteiger partial charge < -0.3 is 10.2 Å². The number of hydrogen-bond donors (Lipinski definition) is 1. The summed E-state index contributed by atoms with van der Waals surface area (Å²) in [5.74, 6) is -3.36. The molecule has 2 fully saturated rings. The number of imide groups is 1. The molecule has 0 radical (unpaired) electrons. The molecule has 3 aliphatic rings. The van der Waals surface area contributed by atoms with Gasteiger partial charge in [0.25, 0.3) is 5.69 Å². The zero-order valence-corrected chi connectivity index (χ0v) is 21.0. The summed E-state index contributed by atoms with van der Waals surface area (Å²) in [6, 6.07) is 15.9. The topological polar surface area (TPSA) is 113 Å². The molecule has 3 aromatic carbocycles. The van der Waals surface area contributed by atoms with Crippen LogP contribution in [0.4, 0.5) is 17.1 Å². The molecule has 3 aromatic rings. The maximum absolute atomic E-state index is 13.8. The van der Waals surface area contributed by atoms with Crippen molar-refractivity contribution in [3.8, 4) is 0 Å². The van der Waals surface area contributed by atoms with Gasteiger partial charge in [0.15, 0.2) is 0 Å². The number of benzene rings is 3. The number of halogens is 2. The van der Waals surface area contributed by atoms with Gasteiger partial charge in [0.2, 0.25) is 17.7 Å². The normalized spacial score (nSPS) is 23.2. The minimum absolute atomic E-state index is 0.0404. The summed E-state index contributed by atoms with van der Waals surface area (Å²) in [6.07, 6.45) is 3.55. The zero-order chi connectivity index (χ0) is 26.7. The average Bonchev–Trinajstić information content (AvgIpc) is 3.38.